The number of nitrogens with zero attached hydrogens (tertiary/aromatic N) is 1. The van der Waals surface area contributed by atoms with E-state index in [1.54, 1.807) is 4.31 Å². The van der Waals surface area contributed by atoms with Gasteiger partial charge in [0.1, 0.15) is 0 Å². The van der Waals surface area contributed by atoms with Gasteiger partial charge in [-0.15, -0.1) is 0 Å². The molecule has 4 atom stereocenters. The van der Waals surface area contributed by atoms with Gasteiger partial charge < -0.3 is 9.47 Å². The molecule has 0 aromatic rings. The summed E-state index contributed by atoms with van der Waals surface area (Å²) < 4.78 is 37.6. The van der Waals surface area contributed by atoms with Crippen molar-refractivity contribution >= 4 is 16.0 Å². The zero-order valence-electron chi connectivity index (χ0n) is 11.7. The molecule has 0 aromatic heterocycles. The summed E-state index contributed by atoms with van der Waals surface area (Å²) in [5, 5.41) is -0.618. The summed E-state index contributed by atoms with van der Waals surface area (Å²) in [7, 11) is -2.12. The van der Waals surface area contributed by atoms with Gasteiger partial charge in [-0.25, -0.2) is 8.42 Å². The van der Waals surface area contributed by atoms with Crippen molar-refractivity contribution in [2.75, 3.05) is 20.2 Å². The largest absolute Gasteiger partial charge is 0.469 e. The Hall–Kier alpha value is -0.660. The van der Waals surface area contributed by atoms with E-state index in [0.29, 0.717) is 25.9 Å². The van der Waals surface area contributed by atoms with Gasteiger partial charge in [-0.05, 0) is 25.7 Å². The van der Waals surface area contributed by atoms with Crippen molar-refractivity contribution in [1.29, 1.82) is 0 Å². The molecule has 1 saturated carbocycles. The first-order valence-electron chi connectivity index (χ1n) is 7.24. The zero-order chi connectivity index (χ0) is 14.3. The molecule has 114 valence electrons. The number of carbonyl (C=O) groups excluding carboxylic acids is 1. The highest BCUT2D eigenvalue weighted by Crippen LogP contribution is 2.36. The summed E-state index contributed by atoms with van der Waals surface area (Å²) in [5.74, 6) is -0.905. The van der Waals surface area contributed by atoms with Crippen LogP contribution in [0.5, 0.6) is 0 Å². The van der Waals surface area contributed by atoms with Crippen LogP contribution in [0.2, 0.25) is 0 Å². The van der Waals surface area contributed by atoms with Crippen LogP contribution in [0.4, 0.5) is 0 Å². The molecular formula is C13H21NO5S. The molecule has 0 radical (unpaired) electrons. The minimum absolute atomic E-state index is 0.0292. The number of carbonyl (C=O) groups is 1. The molecule has 0 spiro atoms. The van der Waals surface area contributed by atoms with Crippen molar-refractivity contribution in [3.05, 3.63) is 0 Å². The summed E-state index contributed by atoms with van der Waals surface area (Å²) >= 11 is 0. The highest BCUT2D eigenvalue weighted by Gasteiger charge is 2.47. The van der Waals surface area contributed by atoms with E-state index in [9.17, 15) is 13.2 Å². The summed E-state index contributed by atoms with van der Waals surface area (Å²) in [6, 6.07) is 0. The Balaban J connectivity index is 1.79. The van der Waals surface area contributed by atoms with E-state index in [4.69, 9.17) is 9.47 Å². The van der Waals surface area contributed by atoms with Crippen LogP contribution in [0.15, 0.2) is 0 Å². The number of esters is 1. The molecule has 0 N–H and O–H groups in total. The molecular weight excluding hydrogens is 282 g/mol. The monoisotopic (exact) mass is 303 g/mol. The number of ether oxygens (including phenoxy) is 2. The predicted octanol–water partition coefficient (Wildman–Crippen LogP) is 0.521. The Morgan fingerprint density at radius 3 is 2.40 bits per heavy atom. The first-order chi connectivity index (χ1) is 9.52. The Morgan fingerprint density at radius 2 is 1.80 bits per heavy atom. The fourth-order valence-electron chi connectivity index (χ4n) is 3.68. The fourth-order valence-corrected chi connectivity index (χ4v) is 5.94. The van der Waals surface area contributed by atoms with Gasteiger partial charge >= 0.3 is 5.97 Å². The maximum absolute atomic E-state index is 12.8. The van der Waals surface area contributed by atoms with Crippen LogP contribution >= 0.6 is 0 Å². The summed E-state index contributed by atoms with van der Waals surface area (Å²) in [5.41, 5.74) is 0. The lowest BCUT2D eigenvalue weighted by Gasteiger charge is -2.34. The molecule has 2 bridgehead atoms. The summed E-state index contributed by atoms with van der Waals surface area (Å²) in [4.78, 5) is 11.8. The van der Waals surface area contributed by atoms with Crippen molar-refractivity contribution < 1.29 is 22.7 Å². The quantitative estimate of drug-likeness (QED) is 0.711. The van der Waals surface area contributed by atoms with E-state index >= 15 is 0 Å². The fraction of sp³-hybridized carbons (Fsp3) is 0.923. The zero-order valence-corrected chi connectivity index (χ0v) is 12.5. The van der Waals surface area contributed by atoms with E-state index < -0.39 is 27.2 Å². The Morgan fingerprint density at radius 1 is 1.15 bits per heavy atom. The third-order valence-electron chi connectivity index (χ3n) is 4.71. The number of methoxy groups -OCH3 is 1. The van der Waals surface area contributed by atoms with Crippen LogP contribution in [-0.2, 0) is 24.3 Å². The minimum atomic E-state index is -3.44. The second kappa shape index (κ2) is 5.27. The molecule has 7 heteroatoms. The maximum atomic E-state index is 12.8. The van der Waals surface area contributed by atoms with Gasteiger partial charge in [-0.1, -0.05) is 6.42 Å². The standard InChI is InChI=1S/C13H21NO5S/c1-18-13(15)11-3-2-4-12(11)20(16,17)14-7-9-5-6-10(8-14)19-9/h9-12H,2-8H2,1H3. The van der Waals surface area contributed by atoms with Crippen LogP contribution in [-0.4, -0.2) is 56.3 Å². The minimum Gasteiger partial charge on any atom is -0.469 e. The molecule has 1 aliphatic carbocycles. The number of fused-ring (bicyclic) bond motifs is 2. The van der Waals surface area contributed by atoms with Gasteiger partial charge in [-0.3, -0.25) is 4.79 Å². The third kappa shape index (κ3) is 2.35. The number of hydrogen-bond donors (Lipinski definition) is 0. The molecule has 0 amide bonds. The highest BCUT2D eigenvalue weighted by atomic mass is 32.2. The molecule has 6 nitrogen and oxygen atoms in total. The first kappa shape index (κ1) is 14.3. The van der Waals surface area contributed by atoms with Crippen molar-refractivity contribution in [3.63, 3.8) is 0 Å². The third-order valence-corrected chi connectivity index (χ3v) is 7.06. The average molecular weight is 303 g/mol. The van der Waals surface area contributed by atoms with E-state index in [1.807, 2.05) is 0 Å². The predicted molar refractivity (Wildman–Crippen MR) is 71.5 cm³/mol. The Bertz CT molecular complexity index is 479. The number of sulfonamides is 1. The van der Waals surface area contributed by atoms with Crippen molar-refractivity contribution in [2.45, 2.75) is 49.6 Å². The van der Waals surface area contributed by atoms with E-state index in [0.717, 1.165) is 19.3 Å². The molecule has 0 aromatic carbocycles. The normalized spacial score (nSPS) is 38.0. The molecule has 4 unspecified atom stereocenters. The van der Waals surface area contributed by atoms with Crippen LogP contribution in [0.3, 0.4) is 0 Å². The highest BCUT2D eigenvalue weighted by molar-refractivity contribution is 7.89. The molecule has 2 aliphatic heterocycles. The first-order valence-corrected chi connectivity index (χ1v) is 8.75. The summed E-state index contributed by atoms with van der Waals surface area (Å²) in [6.45, 7) is 0.868. The van der Waals surface area contributed by atoms with Gasteiger partial charge in [0.2, 0.25) is 10.0 Å². The molecule has 3 fully saturated rings. The Labute approximate surface area is 119 Å². The van der Waals surface area contributed by atoms with Gasteiger partial charge in [0.15, 0.2) is 0 Å². The van der Waals surface area contributed by atoms with Crippen LogP contribution < -0.4 is 0 Å². The van der Waals surface area contributed by atoms with Gasteiger partial charge in [0.05, 0.1) is 30.5 Å². The molecule has 3 rings (SSSR count). The molecule has 3 aliphatic rings. The Kier molecular flexibility index (Phi) is 3.77. The lowest BCUT2D eigenvalue weighted by Crippen LogP contribution is -2.50. The van der Waals surface area contributed by atoms with Crippen LogP contribution in [0.1, 0.15) is 32.1 Å². The lowest BCUT2D eigenvalue weighted by molar-refractivity contribution is -0.145. The molecule has 2 saturated heterocycles. The van der Waals surface area contributed by atoms with Crippen molar-refractivity contribution in [3.8, 4) is 0 Å². The van der Waals surface area contributed by atoms with Crippen molar-refractivity contribution in [1.82, 2.24) is 4.31 Å². The number of morpholine rings is 1. The van der Waals surface area contributed by atoms with Crippen molar-refractivity contribution in [2.24, 2.45) is 5.92 Å². The SMILES string of the molecule is COC(=O)C1CCCC1S(=O)(=O)N1CC2CCC(C1)O2. The molecule has 2 heterocycles. The van der Waals surface area contributed by atoms with Gasteiger partial charge in [-0.2, -0.15) is 4.31 Å². The number of hydrogen-bond acceptors (Lipinski definition) is 5. The van der Waals surface area contributed by atoms with Crippen LogP contribution in [0.25, 0.3) is 0 Å². The number of rotatable bonds is 3. The van der Waals surface area contributed by atoms with Crippen LogP contribution in [0, 0.1) is 5.92 Å². The topological polar surface area (TPSA) is 72.9 Å². The molecule has 20 heavy (non-hydrogen) atoms. The maximum Gasteiger partial charge on any atom is 0.310 e. The smallest absolute Gasteiger partial charge is 0.310 e. The second-order valence-corrected chi connectivity index (χ2v) is 8.07. The lowest BCUT2D eigenvalue weighted by atomic mass is 10.1. The summed E-state index contributed by atoms with van der Waals surface area (Å²) in [6.07, 6.45) is 3.84. The second-order valence-electron chi connectivity index (χ2n) is 5.92. The van der Waals surface area contributed by atoms with E-state index in [2.05, 4.69) is 0 Å². The van der Waals surface area contributed by atoms with Gasteiger partial charge in [0.25, 0.3) is 0 Å². The van der Waals surface area contributed by atoms with Gasteiger partial charge in [0, 0.05) is 13.1 Å². The van der Waals surface area contributed by atoms with E-state index in [-0.39, 0.29) is 12.2 Å². The van der Waals surface area contributed by atoms with E-state index in [1.165, 1.54) is 7.11 Å². The average Bonchev–Trinajstić information content (AvgIpc) is 3.05.